The molecule has 1 N–H and O–H groups in total. The van der Waals surface area contributed by atoms with Crippen LogP contribution in [0.1, 0.15) is 16.2 Å². The van der Waals surface area contributed by atoms with E-state index in [0.717, 1.165) is 16.6 Å². The van der Waals surface area contributed by atoms with Gasteiger partial charge in [0, 0.05) is 43.0 Å². The Bertz CT molecular complexity index is 900. The molecule has 1 amide bonds. The molecule has 3 heterocycles. The Hall–Kier alpha value is -2.86. The fraction of sp³-hybridized carbons (Fsp3) is 0.263. The molecule has 0 saturated carbocycles. The zero-order chi connectivity index (χ0) is 17.2. The maximum atomic E-state index is 12.8. The van der Waals surface area contributed by atoms with Crippen LogP contribution in [0.4, 0.5) is 0 Å². The molecule has 6 nitrogen and oxygen atoms in total. The molecule has 4 rings (SSSR count). The van der Waals surface area contributed by atoms with Gasteiger partial charge in [0.2, 0.25) is 0 Å². The van der Waals surface area contributed by atoms with Crippen molar-refractivity contribution >= 4 is 16.8 Å². The first kappa shape index (κ1) is 15.7. The number of carbonyl (C=O) groups is 1. The van der Waals surface area contributed by atoms with Crippen LogP contribution in [-0.2, 0) is 6.42 Å². The summed E-state index contributed by atoms with van der Waals surface area (Å²) >= 11 is 0. The predicted octanol–water partition coefficient (Wildman–Crippen LogP) is 1.70. The molecule has 1 aromatic carbocycles. The second-order valence-corrected chi connectivity index (χ2v) is 6.33. The molecular formula is C19H18N4O2. The Kier molecular flexibility index (Phi) is 4.11. The second-order valence-electron chi connectivity index (χ2n) is 6.33. The summed E-state index contributed by atoms with van der Waals surface area (Å²) in [6.45, 7) is 0.809. The highest BCUT2D eigenvalue weighted by molar-refractivity contribution is 5.95. The molecule has 0 radical (unpaired) electrons. The van der Waals surface area contributed by atoms with Gasteiger partial charge in [0.05, 0.1) is 17.3 Å². The maximum Gasteiger partial charge on any atom is 0.272 e. The van der Waals surface area contributed by atoms with Gasteiger partial charge in [-0.15, -0.1) is 0 Å². The third-order valence-corrected chi connectivity index (χ3v) is 4.60. The van der Waals surface area contributed by atoms with E-state index in [1.807, 2.05) is 30.3 Å². The van der Waals surface area contributed by atoms with Crippen LogP contribution in [-0.4, -0.2) is 50.1 Å². The van der Waals surface area contributed by atoms with Crippen molar-refractivity contribution in [3.8, 4) is 0 Å². The summed E-state index contributed by atoms with van der Waals surface area (Å²) in [6.07, 6.45) is 4.99. The Morgan fingerprint density at radius 2 is 2.04 bits per heavy atom. The van der Waals surface area contributed by atoms with Crippen molar-refractivity contribution in [2.45, 2.75) is 12.5 Å². The monoisotopic (exact) mass is 334 g/mol. The lowest BCUT2D eigenvalue weighted by atomic mass is 10.0. The van der Waals surface area contributed by atoms with Crippen LogP contribution in [0.15, 0.2) is 55.0 Å². The summed E-state index contributed by atoms with van der Waals surface area (Å²) in [6, 6.07) is 11.3. The van der Waals surface area contributed by atoms with Crippen LogP contribution < -0.4 is 0 Å². The van der Waals surface area contributed by atoms with Crippen LogP contribution in [0.5, 0.6) is 0 Å². The first-order chi connectivity index (χ1) is 12.2. The Labute approximate surface area is 145 Å². The minimum atomic E-state index is -0.564. The number of aliphatic hydroxyl groups excluding tert-OH is 1. The van der Waals surface area contributed by atoms with Crippen LogP contribution in [0.3, 0.4) is 0 Å². The average molecular weight is 334 g/mol. The number of aromatic nitrogens is 3. The Morgan fingerprint density at radius 1 is 1.16 bits per heavy atom. The number of hydrogen-bond donors (Lipinski definition) is 1. The molecule has 1 aliphatic rings. The van der Waals surface area contributed by atoms with Crippen molar-refractivity contribution in [3.63, 3.8) is 0 Å². The van der Waals surface area contributed by atoms with Crippen molar-refractivity contribution < 1.29 is 9.90 Å². The molecule has 1 fully saturated rings. The normalized spacial score (nSPS) is 20.1. The summed E-state index contributed by atoms with van der Waals surface area (Å²) < 4.78 is 0. The predicted molar refractivity (Wildman–Crippen MR) is 92.9 cm³/mol. The number of benzene rings is 1. The number of rotatable bonds is 3. The number of likely N-dealkylation sites (tertiary alicyclic amines) is 1. The highest BCUT2D eigenvalue weighted by Gasteiger charge is 2.35. The largest absolute Gasteiger partial charge is 0.391 e. The minimum Gasteiger partial charge on any atom is -0.391 e. The van der Waals surface area contributed by atoms with Gasteiger partial charge < -0.3 is 10.0 Å². The van der Waals surface area contributed by atoms with Crippen LogP contribution in [0.25, 0.3) is 10.9 Å². The molecule has 0 spiro atoms. The lowest BCUT2D eigenvalue weighted by Gasteiger charge is -2.15. The van der Waals surface area contributed by atoms with E-state index in [9.17, 15) is 9.90 Å². The number of fused-ring (bicyclic) bond motifs is 1. The number of β-amino-alcohol motifs (C(OH)–C–C–N with tert-alkyl or cyclic N) is 1. The van der Waals surface area contributed by atoms with Crippen LogP contribution in [0.2, 0.25) is 0 Å². The number of hydrogen-bond acceptors (Lipinski definition) is 5. The first-order valence-corrected chi connectivity index (χ1v) is 8.29. The molecule has 2 atom stereocenters. The SMILES string of the molecule is O=C(c1ccc2ccccc2n1)N1C[C@@H](Cc2cnccn2)[C@H](O)C1. The van der Waals surface area contributed by atoms with E-state index in [-0.39, 0.29) is 11.8 Å². The van der Waals surface area contributed by atoms with Crippen LogP contribution >= 0.6 is 0 Å². The lowest BCUT2D eigenvalue weighted by Crippen LogP contribution is -2.30. The smallest absolute Gasteiger partial charge is 0.272 e. The van der Waals surface area contributed by atoms with E-state index in [1.54, 1.807) is 29.6 Å². The van der Waals surface area contributed by atoms with Gasteiger partial charge in [0.15, 0.2) is 0 Å². The van der Waals surface area contributed by atoms with Crippen molar-refractivity contribution in [3.05, 3.63) is 66.4 Å². The van der Waals surface area contributed by atoms with Crippen molar-refractivity contribution in [2.75, 3.05) is 13.1 Å². The van der Waals surface area contributed by atoms with E-state index in [2.05, 4.69) is 15.0 Å². The fourth-order valence-corrected chi connectivity index (χ4v) is 3.27. The van der Waals surface area contributed by atoms with Crippen LogP contribution in [0, 0.1) is 5.92 Å². The number of pyridine rings is 1. The number of aliphatic hydroxyl groups is 1. The van der Waals surface area contributed by atoms with Gasteiger partial charge in [0.1, 0.15) is 5.69 Å². The molecule has 25 heavy (non-hydrogen) atoms. The molecule has 3 aromatic rings. The molecule has 0 unspecified atom stereocenters. The third-order valence-electron chi connectivity index (χ3n) is 4.60. The van der Waals surface area contributed by atoms with E-state index < -0.39 is 6.10 Å². The van der Waals surface area contributed by atoms with Gasteiger partial charge in [-0.3, -0.25) is 14.8 Å². The molecule has 1 aliphatic heterocycles. The number of carbonyl (C=O) groups excluding carboxylic acids is 1. The fourth-order valence-electron chi connectivity index (χ4n) is 3.27. The summed E-state index contributed by atoms with van der Waals surface area (Å²) in [5.74, 6) is -0.187. The zero-order valence-corrected chi connectivity index (χ0v) is 13.6. The number of amides is 1. The maximum absolute atomic E-state index is 12.8. The lowest BCUT2D eigenvalue weighted by molar-refractivity contribution is 0.0759. The first-order valence-electron chi connectivity index (χ1n) is 8.29. The molecule has 6 heteroatoms. The molecule has 1 saturated heterocycles. The molecule has 126 valence electrons. The Morgan fingerprint density at radius 3 is 2.88 bits per heavy atom. The van der Waals surface area contributed by atoms with Crippen molar-refractivity contribution in [1.82, 2.24) is 19.9 Å². The molecule has 0 bridgehead atoms. The molecular weight excluding hydrogens is 316 g/mol. The number of para-hydroxylation sites is 1. The Balaban J connectivity index is 1.50. The number of nitrogens with zero attached hydrogens (tertiary/aromatic N) is 4. The molecule has 2 aromatic heterocycles. The summed E-state index contributed by atoms with van der Waals surface area (Å²) in [5.41, 5.74) is 2.03. The van der Waals surface area contributed by atoms with Crippen molar-refractivity contribution in [1.29, 1.82) is 0 Å². The van der Waals surface area contributed by atoms with E-state index >= 15 is 0 Å². The summed E-state index contributed by atoms with van der Waals surface area (Å²) in [7, 11) is 0. The van der Waals surface area contributed by atoms with Gasteiger partial charge in [-0.1, -0.05) is 24.3 Å². The highest BCUT2D eigenvalue weighted by Crippen LogP contribution is 2.22. The van der Waals surface area contributed by atoms with Gasteiger partial charge >= 0.3 is 0 Å². The zero-order valence-electron chi connectivity index (χ0n) is 13.6. The topological polar surface area (TPSA) is 79.2 Å². The van der Waals surface area contributed by atoms with Gasteiger partial charge in [0.25, 0.3) is 5.91 Å². The minimum absolute atomic E-state index is 0.0406. The van der Waals surface area contributed by atoms with Gasteiger partial charge in [-0.05, 0) is 18.6 Å². The van der Waals surface area contributed by atoms with Gasteiger partial charge in [-0.2, -0.15) is 0 Å². The van der Waals surface area contributed by atoms with Crippen molar-refractivity contribution in [2.24, 2.45) is 5.92 Å². The average Bonchev–Trinajstić information content (AvgIpc) is 3.02. The van der Waals surface area contributed by atoms with E-state index in [0.29, 0.717) is 25.2 Å². The standard InChI is InChI=1S/C19H18N4O2/c24-18-12-23(11-14(18)9-15-10-20-7-8-21-15)19(25)17-6-5-13-3-1-2-4-16(13)22-17/h1-8,10,14,18,24H,9,11-12H2/t14-,18-/m1/s1. The van der Waals surface area contributed by atoms with E-state index in [1.165, 1.54) is 0 Å². The quantitative estimate of drug-likeness (QED) is 0.789. The third kappa shape index (κ3) is 3.21. The summed E-state index contributed by atoms with van der Waals surface area (Å²) in [5, 5.41) is 11.3. The molecule has 0 aliphatic carbocycles. The van der Waals surface area contributed by atoms with Gasteiger partial charge in [-0.25, -0.2) is 4.98 Å². The summed E-state index contributed by atoms with van der Waals surface area (Å²) in [4.78, 5) is 27.2. The van der Waals surface area contributed by atoms with E-state index in [4.69, 9.17) is 0 Å². The highest BCUT2D eigenvalue weighted by atomic mass is 16.3. The second kappa shape index (κ2) is 6.57.